The summed E-state index contributed by atoms with van der Waals surface area (Å²) in [6, 6.07) is 0. The Morgan fingerprint density at radius 1 is 1.40 bits per heavy atom. The van der Waals surface area contributed by atoms with Gasteiger partial charge in [-0.1, -0.05) is 25.5 Å². The van der Waals surface area contributed by atoms with Gasteiger partial charge < -0.3 is 0 Å². The van der Waals surface area contributed by atoms with E-state index in [2.05, 4.69) is 19.9 Å². The van der Waals surface area contributed by atoms with Crippen molar-refractivity contribution in [3.8, 4) is 0 Å². The maximum atomic E-state index is 10.8. The van der Waals surface area contributed by atoms with E-state index in [1.54, 1.807) is 0 Å². The van der Waals surface area contributed by atoms with E-state index in [1.165, 1.54) is 5.57 Å². The zero-order valence-corrected chi connectivity index (χ0v) is 6.68. The Labute approximate surface area is 62.1 Å². The van der Waals surface area contributed by atoms with Crippen molar-refractivity contribution in [3.63, 3.8) is 0 Å². The van der Waals surface area contributed by atoms with Gasteiger partial charge in [0, 0.05) is 12.8 Å². The third-order valence-electron chi connectivity index (χ3n) is 1.72. The van der Waals surface area contributed by atoms with Crippen LogP contribution in [0.1, 0.15) is 33.1 Å². The summed E-state index contributed by atoms with van der Waals surface area (Å²) in [5, 5.41) is 0. The molecule has 0 heterocycles. The number of carbonyl (C=O) groups is 1. The minimum atomic E-state index is 0.409. The molecule has 0 spiro atoms. The quantitative estimate of drug-likeness (QED) is 0.508. The second kappa shape index (κ2) is 3.00. The maximum Gasteiger partial charge on any atom is 0.137 e. The fourth-order valence-electron chi connectivity index (χ4n) is 1.34. The summed E-state index contributed by atoms with van der Waals surface area (Å²) in [5.74, 6) is 1.01. The normalized spacial score (nSPS) is 23.1. The Hall–Kier alpha value is -0.590. The molecule has 1 fully saturated rings. The molecule has 1 aliphatic carbocycles. The van der Waals surface area contributed by atoms with Crippen molar-refractivity contribution in [1.82, 2.24) is 0 Å². The standard InChI is InChI=1S/C9H14O/c1-7(2)5-8-3-4-9(10)6-8/h5,7H,3-4,6H2,1-2H3/b8-5-. The van der Waals surface area contributed by atoms with Gasteiger partial charge >= 0.3 is 0 Å². The number of hydrogen-bond donors (Lipinski definition) is 0. The number of hydrogen-bond acceptors (Lipinski definition) is 1. The molecule has 1 rings (SSSR count). The lowest BCUT2D eigenvalue weighted by Gasteiger charge is -1.96. The minimum Gasteiger partial charge on any atom is -0.299 e. The van der Waals surface area contributed by atoms with Crippen LogP contribution in [0.2, 0.25) is 0 Å². The summed E-state index contributed by atoms with van der Waals surface area (Å²) in [6.45, 7) is 4.30. The predicted molar refractivity (Wildman–Crippen MR) is 41.8 cm³/mol. The smallest absolute Gasteiger partial charge is 0.137 e. The van der Waals surface area contributed by atoms with Crippen molar-refractivity contribution in [1.29, 1.82) is 0 Å². The van der Waals surface area contributed by atoms with E-state index in [-0.39, 0.29) is 0 Å². The summed E-state index contributed by atoms with van der Waals surface area (Å²) in [4.78, 5) is 10.8. The average Bonchev–Trinajstić information content (AvgIpc) is 2.13. The van der Waals surface area contributed by atoms with Crippen LogP contribution in [0.25, 0.3) is 0 Å². The van der Waals surface area contributed by atoms with Gasteiger partial charge in [-0.3, -0.25) is 4.79 Å². The van der Waals surface area contributed by atoms with E-state index < -0.39 is 0 Å². The lowest BCUT2D eigenvalue weighted by atomic mass is 10.1. The molecular weight excluding hydrogens is 124 g/mol. The first kappa shape index (κ1) is 7.52. The van der Waals surface area contributed by atoms with Crippen LogP contribution in [0, 0.1) is 5.92 Å². The Kier molecular flexibility index (Phi) is 2.25. The number of allylic oxidation sites excluding steroid dienone is 2. The molecule has 10 heavy (non-hydrogen) atoms. The summed E-state index contributed by atoms with van der Waals surface area (Å²) in [6.07, 6.45) is 4.72. The van der Waals surface area contributed by atoms with Crippen molar-refractivity contribution in [3.05, 3.63) is 11.6 Å². The van der Waals surface area contributed by atoms with Gasteiger partial charge in [-0.25, -0.2) is 0 Å². The fourth-order valence-corrected chi connectivity index (χ4v) is 1.34. The molecule has 0 aromatic heterocycles. The highest BCUT2D eigenvalue weighted by atomic mass is 16.1. The predicted octanol–water partition coefficient (Wildman–Crippen LogP) is 2.32. The molecule has 0 aromatic carbocycles. The van der Waals surface area contributed by atoms with Gasteiger partial charge in [-0.2, -0.15) is 0 Å². The van der Waals surface area contributed by atoms with Crippen LogP contribution in [0.4, 0.5) is 0 Å². The Morgan fingerprint density at radius 3 is 2.50 bits per heavy atom. The lowest BCUT2D eigenvalue weighted by Crippen LogP contribution is -1.85. The van der Waals surface area contributed by atoms with Gasteiger partial charge in [0.1, 0.15) is 5.78 Å². The molecule has 0 amide bonds. The highest BCUT2D eigenvalue weighted by Gasteiger charge is 2.14. The topological polar surface area (TPSA) is 17.1 Å². The molecule has 1 saturated carbocycles. The van der Waals surface area contributed by atoms with Gasteiger partial charge in [-0.05, 0) is 12.3 Å². The third kappa shape index (κ3) is 1.98. The molecule has 56 valence electrons. The zero-order valence-electron chi connectivity index (χ0n) is 6.68. The lowest BCUT2D eigenvalue weighted by molar-refractivity contribution is -0.117. The molecule has 0 atom stereocenters. The number of rotatable bonds is 1. The van der Waals surface area contributed by atoms with E-state index >= 15 is 0 Å². The monoisotopic (exact) mass is 138 g/mol. The molecule has 0 unspecified atom stereocenters. The van der Waals surface area contributed by atoms with Gasteiger partial charge in [0.2, 0.25) is 0 Å². The van der Waals surface area contributed by atoms with Crippen LogP contribution in [-0.4, -0.2) is 5.78 Å². The number of ketones is 1. The van der Waals surface area contributed by atoms with E-state index in [4.69, 9.17) is 0 Å². The highest BCUT2D eigenvalue weighted by molar-refractivity contribution is 5.84. The second-order valence-electron chi connectivity index (χ2n) is 3.28. The van der Waals surface area contributed by atoms with Crippen LogP contribution in [0.5, 0.6) is 0 Å². The average molecular weight is 138 g/mol. The molecule has 1 heteroatoms. The van der Waals surface area contributed by atoms with E-state index in [0.717, 1.165) is 19.3 Å². The second-order valence-corrected chi connectivity index (χ2v) is 3.28. The molecule has 0 N–H and O–H groups in total. The largest absolute Gasteiger partial charge is 0.299 e. The maximum absolute atomic E-state index is 10.8. The van der Waals surface area contributed by atoms with Gasteiger partial charge in [-0.15, -0.1) is 0 Å². The molecule has 0 radical (unpaired) electrons. The Balaban J connectivity index is 2.51. The van der Waals surface area contributed by atoms with Crippen molar-refractivity contribution < 1.29 is 4.79 Å². The van der Waals surface area contributed by atoms with E-state index in [9.17, 15) is 4.79 Å². The van der Waals surface area contributed by atoms with Crippen molar-refractivity contribution in [2.45, 2.75) is 33.1 Å². The Bertz CT molecular complexity index is 166. The van der Waals surface area contributed by atoms with Crippen LogP contribution >= 0.6 is 0 Å². The summed E-state index contributed by atoms with van der Waals surface area (Å²) in [7, 11) is 0. The van der Waals surface area contributed by atoms with Crippen molar-refractivity contribution in [2.75, 3.05) is 0 Å². The van der Waals surface area contributed by atoms with Crippen LogP contribution < -0.4 is 0 Å². The first-order valence-corrected chi connectivity index (χ1v) is 3.90. The number of carbonyl (C=O) groups excluding carboxylic acids is 1. The van der Waals surface area contributed by atoms with Crippen LogP contribution in [-0.2, 0) is 4.79 Å². The minimum absolute atomic E-state index is 0.409. The van der Waals surface area contributed by atoms with Crippen LogP contribution in [0.3, 0.4) is 0 Å². The van der Waals surface area contributed by atoms with E-state index in [0.29, 0.717) is 11.7 Å². The van der Waals surface area contributed by atoms with Crippen molar-refractivity contribution >= 4 is 5.78 Å². The summed E-state index contributed by atoms with van der Waals surface area (Å²) in [5.41, 5.74) is 1.35. The van der Waals surface area contributed by atoms with Gasteiger partial charge in [0.25, 0.3) is 0 Å². The summed E-state index contributed by atoms with van der Waals surface area (Å²) >= 11 is 0. The molecule has 0 aliphatic heterocycles. The molecule has 0 bridgehead atoms. The number of Topliss-reactive ketones (excluding diaryl/α,β-unsaturated/α-hetero) is 1. The molecule has 1 nitrogen and oxygen atoms in total. The van der Waals surface area contributed by atoms with Gasteiger partial charge in [0.15, 0.2) is 0 Å². The molecule has 0 saturated heterocycles. The molecule has 1 aliphatic rings. The Morgan fingerprint density at radius 2 is 2.10 bits per heavy atom. The first-order chi connectivity index (χ1) is 4.68. The fraction of sp³-hybridized carbons (Fsp3) is 0.667. The van der Waals surface area contributed by atoms with Crippen molar-refractivity contribution in [2.24, 2.45) is 5.92 Å². The first-order valence-electron chi connectivity index (χ1n) is 3.90. The highest BCUT2D eigenvalue weighted by Crippen LogP contribution is 2.21. The van der Waals surface area contributed by atoms with Crippen LogP contribution in [0.15, 0.2) is 11.6 Å². The van der Waals surface area contributed by atoms with Gasteiger partial charge in [0.05, 0.1) is 0 Å². The summed E-state index contributed by atoms with van der Waals surface area (Å²) < 4.78 is 0. The SMILES string of the molecule is CC(C)/C=C1/CCC(=O)C1. The zero-order chi connectivity index (χ0) is 7.56. The molecule has 0 aromatic rings. The molecular formula is C9H14O. The van der Waals surface area contributed by atoms with E-state index in [1.807, 2.05) is 0 Å². The third-order valence-corrected chi connectivity index (χ3v) is 1.72.